The molecule has 0 aliphatic carbocycles. The fraction of sp³-hybridized carbons (Fsp3) is 0.500. The Bertz CT molecular complexity index is 728. The van der Waals surface area contributed by atoms with Crippen LogP contribution in [0.5, 0.6) is 0 Å². The van der Waals surface area contributed by atoms with E-state index in [2.05, 4.69) is 20.9 Å². The number of ether oxygens (including phenoxy) is 1. The first-order chi connectivity index (χ1) is 12.2. The van der Waals surface area contributed by atoms with Crippen LogP contribution in [-0.2, 0) is 11.3 Å². The Hall–Kier alpha value is -1.96. The van der Waals surface area contributed by atoms with Crippen LogP contribution in [0.1, 0.15) is 47.6 Å². The molecule has 142 valence electrons. The monoisotopic (exact) mass is 379 g/mol. The number of amides is 1. The Morgan fingerprint density at radius 1 is 1.38 bits per heavy atom. The summed E-state index contributed by atoms with van der Waals surface area (Å²) in [5.74, 6) is -0.230. The molecule has 7 nitrogen and oxygen atoms in total. The molecule has 3 rings (SSSR count). The van der Waals surface area contributed by atoms with Crippen molar-refractivity contribution in [3.63, 3.8) is 0 Å². The zero-order chi connectivity index (χ0) is 17.6. The van der Waals surface area contributed by atoms with Crippen LogP contribution in [0, 0.1) is 6.92 Å². The number of rotatable bonds is 6. The maximum Gasteiger partial charge on any atom is 0.278 e. The number of hydrogen-bond acceptors (Lipinski definition) is 5. The number of halogens is 1. The maximum atomic E-state index is 12.6. The molecular formula is C18H26ClN5O2. The van der Waals surface area contributed by atoms with Gasteiger partial charge in [0, 0.05) is 12.3 Å². The van der Waals surface area contributed by atoms with Gasteiger partial charge >= 0.3 is 0 Å². The number of nitrogens with one attached hydrogen (secondary N) is 2. The molecular weight excluding hydrogens is 354 g/mol. The standard InChI is InChI=1S/C18H25N5O2.ClH/c1-3-25-12-14-5-4-6-15(11-14)20-18(24)17-13(2)23(22-21-17)16-7-9-19-10-8-16;/h4-6,11,16,19H,3,7-10,12H2,1-2H3,(H,20,24);1H. The number of piperidine rings is 1. The largest absolute Gasteiger partial charge is 0.377 e. The highest BCUT2D eigenvalue weighted by Gasteiger charge is 2.22. The predicted molar refractivity (Wildman–Crippen MR) is 103 cm³/mol. The van der Waals surface area contributed by atoms with Crippen molar-refractivity contribution in [2.24, 2.45) is 0 Å². The van der Waals surface area contributed by atoms with E-state index in [9.17, 15) is 4.79 Å². The van der Waals surface area contributed by atoms with E-state index in [0.29, 0.717) is 24.9 Å². The minimum Gasteiger partial charge on any atom is -0.377 e. The molecule has 2 aromatic rings. The van der Waals surface area contributed by atoms with Crippen LogP contribution in [0.3, 0.4) is 0 Å². The summed E-state index contributed by atoms with van der Waals surface area (Å²) in [5.41, 5.74) is 2.95. The molecule has 1 saturated heterocycles. The fourth-order valence-corrected chi connectivity index (χ4v) is 3.10. The summed E-state index contributed by atoms with van der Waals surface area (Å²) in [6.07, 6.45) is 2.01. The first-order valence-corrected chi connectivity index (χ1v) is 8.79. The molecule has 0 radical (unpaired) electrons. The molecule has 2 N–H and O–H groups in total. The van der Waals surface area contributed by atoms with Crippen LogP contribution in [0.15, 0.2) is 24.3 Å². The van der Waals surface area contributed by atoms with Gasteiger partial charge in [-0.25, -0.2) is 4.68 Å². The van der Waals surface area contributed by atoms with Gasteiger partial charge in [-0.1, -0.05) is 17.3 Å². The zero-order valence-electron chi connectivity index (χ0n) is 15.2. The SMILES string of the molecule is CCOCc1cccc(NC(=O)c2nnn(C3CCNCC3)c2C)c1.Cl. The van der Waals surface area contributed by atoms with E-state index in [-0.39, 0.29) is 18.3 Å². The van der Waals surface area contributed by atoms with Gasteiger partial charge in [-0.2, -0.15) is 0 Å². The van der Waals surface area contributed by atoms with Crippen LogP contribution in [0.2, 0.25) is 0 Å². The topological polar surface area (TPSA) is 81.1 Å². The predicted octanol–water partition coefficient (Wildman–Crippen LogP) is 2.72. The molecule has 1 amide bonds. The number of benzene rings is 1. The van der Waals surface area contributed by atoms with E-state index < -0.39 is 0 Å². The van der Waals surface area contributed by atoms with Crippen molar-refractivity contribution in [3.8, 4) is 0 Å². The van der Waals surface area contributed by atoms with Crippen molar-refractivity contribution in [2.75, 3.05) is 25.0 Å². The van der Waals surface area contributed by atoms with Crippen molar-refractivity contribution < 1.29 is 9.53 Å². The Kier molecular flexibility index (Phi) is 7.56. The van der Waals surface area contributed by atoms with Crippen LogP contribution in [-0.4, -0.2) is 40.6 Å². The molecule has 8 heteroatoms. The van der Waals surface area contributed by atoms with Crippen molar-refractivity contribution in [1.82, 2.24) is 20.3 Å². The van der Waals surface area contributed by atoms with E-state index in [1.54, 1.807) is 0 Å². The highest BCUT2D eigenvalue weighted by atomic mass is 35.5. The van der Waals surface area contributed by atoms with Crippen molar-refractivity contribution in [2.45, 2.75) is 39.3 Å². The van der Waals surface area contributed by atoms with Gasteiger partial charge in [0.05, 0.1) is 18.3 Å². The minimum atomic E-state index is -0.230. The lowest BCUT2D eigenvalue weighted by Gasteiger charge is -2.23. The Morgan fingerprint density at radius 3 is 2.88 bits per heavy atom. The molecule has 1 aromatic carbocycles. The van der Waals surface area contributed by atoms with Crippen molar-refractivity contribution >= 4 is 24.0 Å². The third-order valence-electron chi connectivity index (χ3n) is 4.45. The summed E-state index contributed by atoms with van der Waals surface area (Å²) in [4.78, 5) is 12.6. The molecule has 0 saturated carbocycles. The molecule has 2 heterocycles. The molecule has 0 atom stereocenters. The number of anilines is 1. The van der Waals surface area contributed by atoms with E-state index in [1.165, 1.54) is 0 Å². The van der Waals surface area contributed by atoms with Crippen LogP contribution in [0.25, 0.3) is 0 Å². The summed E-state index contributed by atoms with van der Waals surface area (Å²) < 4.78 is 7.30. The number of nitrogens with zero attached hydrogens (tertiary/aromatic N) is 3. The Balaban J connectivity index is 0.00000243. The quantitative estimate of drug-likeness (QED) is 0.806. The lowest BCUT2D eigenvalue weighted by molar-refractivity contribution is 0.102. The van der Waals surface area contributed by atoms with Gasteiger partial charge in [-0.3, -0.25) is 4.79 Å². The molecule has 0 spiro atoms. The highest BCUT2D eigenvalue weighted by molar-refractivity contribution is 6.03. The lowest BCUT2D eigenvalue weighted by atomic mass is 10.1. The van der Waals surface area contributed by atoms with Gasteiger partial charge in [-0.05, 0) is 57.5 Å². The summed E-state index contributed by atoms with van der Waals surface area (Å²) >= 11 is 0. The second kappa shape index (κ2) is 9.66. The van der Waals surface area contributed by atoms with Gasteiger partial charge in [0.25, 0.3) is 5.91 Å². The highest BCUT2D eigenvalue weighted by Crippen LogP contribution is 2.21. The molecule has 0 bridgehead atoms. The number of carbonyl (C=O) groups is 1. The fourth-order valence-electron chi connectivity index (χ4n) is 3.10. The van der Waals surface area contributed by atoms with Crippen LogP contribution >= 0.6 is 12.4 Å². The van der Waals surface area contributed by atoms with E-state index >= 15 is 0 Å². The minimum absolute atomic E-state index is 0. The molecule has 0 unspecified atom stereocenters. The first kappa shape index (κ1) is 20.4. The average molecular weight is 380 g/mol. The Morgan fingerprint density at radius 2 is 2.15 bits per heavy atom. The van der Waals surface area contributed by atoms with E-state index in [0.717, 1.165) is 42.9 Å². The number of carbonyl (C=O) groups excluding carboxylic acids is 1. The summed E-state index contributed by atoms with van der Waals surface area (Å²) in [6, 6.07) is 7.97. The van der Waals surface area contributed by atoms with Gasteiger partial charge in [0.15, 0.2) is 5.69 Å². The molecule has 1 fully saturated rings. The van der Waals surface area contributed by atoms with Crippen LogP contribution in [0.4, 0.5) is 5.69 Å². The van der Waals surface area contributed by atoms with Gasteiger partial charge < -0.3 is 15.4 Å². The summed E-state index contributed by atoms with van der Waals surface area (Å²) in [7, 11) is 0. The second-order valence-electron chi connectivity index (χ2n) is 6.24. The number of hydrogen-bond donors (Lipinski definition) is 2. The molecule has 1 aromatic heterocycles. The van der Waals surface area contributed by atoms with Gasteiger partial charge in [0.1, 0.15) is 0 Å². The zero-order valence-corrected chi connectivity index (χ0v) is 16.0. The summed E-state index contributed by atoms with van der Waals surface area (Å²) in [6.45, 7) is 7.00. The average Bonchev–Trinajstić information content (AvgIpc) is 3.02. The Labute approximate surface area is 159 Å². The molecule has 1 aliphatic heterocycles. The summed E-state index contributed by atoms with van der Waals surface area (Å²) in [5, 5.41) is 14.6. The van der Waals surface area contributed by atoms with E-state index in [1.807, 2.05) is 42.8 Å². The van der Waals surface area contributed by atoms with Crippen LogP contribution < -0.4 is 10.6 Å². The third-order valence-corrected chi connectivity index (χ3v) is 4.45. The maximum absolute atomic E-state index is 12.6. The smallest absolute Gasteiger partial charge is 0.278 e. The molecule has 26 heavy (non-hydrogen) atoms. The first-order valence-electron chi connectivity index (χ1n) is 8.79. The molecule has 1 aliphatic rings. The van der Waals surface area contributed by atoms with Gasteiger partial charge in [0.2, 0.25) is 0 Å². The third kappa shape index (κ3) is 4.81. The van der Waals surface area contributed by atoms with E-state index in [4.69, 9.17) is 4.74 Å². The van der Waals surface area contributed by atoms with Crippen molar-refractivity contribution in [1.29, 1.82) is 0 Å². The van der Waals surface area contributed by atoms with Gasteiger partial charge in [-0.15, -0.1) is 17.5 Å². The van der Waals surface area contributed by atoms with Crippen molar-refractivity contribution in [3.05, 3.63) is 41.2 Å². The lowest BCUT2D eigenvalue weighted by Crippen LogP contribution is -2.30. The second-order valence-corrected chi connectivity index (χ2v) is 6.24. The number of aromatic nitrogens is 3. The normalized spacial score (nSPS) is 14.7.